The van der Waals surface area contributed by atoms with E-state index in [1.807, 2.05) is 12.1 Å². The third-order valence-electron chi connectivity index (χ3n) is 3.37. The molecule has 1 nitrogen and oxygen atoms in total. The lowest BCUT2D eigenvalue weighted by molar-refractivity contribution is 0.463. The average molecular weight is 330 g/mol. The van der Waals surface area contributed by atoms with Crippen LogP contribution in [0.1, 0.15) is 51.5 Å². The number of rotatable bonds is 9. The monoisotopic (exact) mass is 329 g/mol. The molecule has 1 rings (SSSR count). The van der Waals surface area contributed by atoms with Gasteiger partial charge in [0.1, 0.15) is 5.82 Å². The highest BCUT2D eigenvalue weighted by molar-refractivity contribution is 9.10. The zero-order chi connectivity index (χ0) is 14.1. The van der Waals surface area contributed by atoms with Crippen LogP contribution in [0.4, 0.5) is 4.39 Å². The van der Waals surface area contributed by atoms with Crippen molar-refractivity contribution in [3.05, 3.63) is 34.1 Å². The first-order chi connectivity index (χ1) is 9.17. The van der Waals surface area contributed by atoms with E-state index in [1.54, 1.807) is 6.07 Å². The molecule has 0 saturated carbocycles. The Morgan fingerprint density at radius 3 is 2.63 bits per heavy atom. The van der Waals surface area contributed by atoms with Gasteiger partial charge in [-0.2, -0.15) is 0 Å². The third kappa shape index (κ3) is 6.53. The normalized spacial score (nSPS) is 12.6. The largest absolute Gasteiger partial charge is 0.314 e. The first-order valence-corrected chi connectivity index (χ1v) is 8.14. The number of unbranched alkanes of at least 4 members (excludes halogenated alkanes) is 3. The predicted molar refractivity (Wildman–Crippen MR) is 84.0 cm³/mol. The Hall–Kier alpha value is -0.410. The van der Waals surface area contributed by atoms with Crippen molar-refractivity contribution in [1.29, 1.82) is 0 Å². The highest BCUT2D eigenvalue weighted by atomic mass is 79.9. The summed E-state index contributed by atoms with van der Waals surface area (Å²) in [5.41, 5.74) is 1.19. The molecule has 0 bridgehead atoms. The molecule has 0 heterocycles. The SMILES string of the molecule is CCCCCCC(Cc1ccc(F)c(Br)c1)NCC. The molecule has 0 aliphatic carbocycles. The van der Waals surface area contributed by atoms with Crippen LogP contribution in [0, 0.1) is 5.82 Å². The van der Waals surface area contributed by atoms with E-state index in [-0.39, 0.29) is 5.82 Å². The summed E-state index contributed by atoms with van der Waals surface area (Å²) in [6.45, 7) is 5.36. The fourth-order valence-corrected chi connectivity index (χ4v) is 2.76. The molecule has 108 valence electrons. The summed E-state index contributed by atoms with van der Waals surface area (Å²) in [5.74, 6) is -0.188. The first kappa shape index (κ1) is 16.6. The van der Waals surface area contributed by atoms with Gasteiger partial charge in [-0.25, -0.2) is 4.39 Å². The summed E-state index contributed by atoms with van der Waals surface area (Å²) in [6, 6.07) is 5.82. The summed E-state index contributed by atoms with van der Waals surface area (Å²) in [6.07, 6.45) is 7.35. The van der Waals surface area contributed by atoms with Crippen molar-refractivity contribution in [1.82, 2.24) is 5.32 Å². The second-order valence-electron chi connectivity index (χ2n) is 5.06. The van der Waals surface area contributed by atoms with Gasteiger partial charge in [0.15, 0.2) is 0 Å². The Labute approximate surface area is 125 Å². The molecule has 0 radical (unpaired) electrons. The minimum absolute atomic E-state index is 0.188. The van der Waals surface area contributed by atoms with Gasteiger partial charge in [0.05, 0.1) is 4.47 Å². The minimum Gasteiger partial charge on any atom is -0.314 e. The molecule has 1 atom stereocenters. The number of hydrogen-bond donors (Lipinski definition) is 1. The number of benzene rings is 1. The number of halogens is 2. The van der Waals surface area contributed by atoms with Crippen LogP contribution < -0.4 is 5.32 Å². The van der Waals surface area contributed by atoms with Crippen LogP contribution >= 0.6 is 15.9 Å². The van der Waals surface area contributed by atoms with E-state index in [0.717, 1.165) is 13.0 Å². The number of nitrogens with one attached hydrogen (secondary N) is 1. The van der Waals surface area contributed by atoms with E-state index in [0.29, 0.717) is 10.5 Å². The molecule has 3 heteroatoms. The molecule has 0 fully saturated rings. The second kappa shape index (κ2) is 9.49. The third-order valence-corrected chi connectivity index (χ3v) is 3.97. The number of hydrogen-bond acceptors (Lipinski definition) is 1. The van der Waals surface area contributed by atoms with E-state index in [9.17, 15) is 4.39 Å². The Bertz CT molecular complexity index is 368. The van der Waals surface area contributed by atoms with Gasteiger partial charge in [-0.3, -0.25) is 0 Å². The van der Waals surface area contributed by atoms with E-state index < -0.39 is 0 Å². The van der Waals surface area contributed by atoms with E-state index in [2.05, 4.69) is 35.1 Å². The summed E-state index contributed by atoms with van der Waals surface area (Å²) in [5, 5.41) is 3.53. The molecular formula is C16H25BrFN. The van der Waals surface area contributed by atoms with Gasteiger partial charge in [0.2, 0.25) is 0 Å². The van der Waals surface area contributed by atoms with Gasteiger partial charge < -0.3 is 5.32 Å². The Morgan fingerprint density at radius 2 is 2.00 bits per heavy atom. The summed E-state index contributed by atoms with van der Waals surface area (Å²) < 4.78 is 13.8. The van der Waals surface area contributed by atoms with E-state index in [1.165, 1.54) is 37.7 Å². The fourth-order valence-electron chi connectivity index (χ4n) is 2.33. The van der Waals surface area contributed by atoms with Crippen LogP contribution in [0.2, 0.25) is 0 Å². The molecule has 1 N–H and O–H groups in total. The van der Waals surface area contributed by atoms with Gasteiger partial charge in [-0.15, -0.1) is 0 Å². The van der Waals surface area contributed by atoms with Gasteiger partial charge >= 0.3 is 0 Å². The molecule has 0 aliphatic rings. The summed E-state index contributed by atoms with van der Waals surface area (Å²) in [4.78, 5) is 0. The predicted octanol–water partition coefficient (Wildman–Crippen LogP) is 5.08. The van der Waals surface area contributed by atoms with Crippen LogP contribution in [-0.4, -0.2) is 12.6 Å². The van der Waals surface area contributed by atoms with E-state index in [4.69, 9.17) is 0 Å². The van der Waals surface area contributed by atoms with Crippen molar-refractivity contribution in [3.8, 4) is 0 Å². The first-order valence-electron chi connectivity index (χ1n) is 7.34. The second-order valence-corrected chi connectivity index (χ2v) is 5.91. The van der Waals surface area contributed by atoms with Crippen molar-refractivity contribution in [2.24, 2.45) is 0 Å². The molecule has 19 heavy (non-hydrogen) atoms. The zero-order valence-corrected chi connectivity index (χ0v) is 13.6. The quantitative estimate of drug-likeness (QED) is 0.623. The van der Waals surface area contributed by atoms with Crippen molar-refractivity contribution in [3.63, 3.8) is 0 Å². The highest BCUT2D eigenvalue weighted by Crippen LogP contribution is 2.19. The molecule has 0 saturated heterocycles. The summed E-state index contributed by atoms with van der Waals surface area (Å²) in [7, 11) is 0. The maximum Gasteiger partial charge on any atom is 0.137 e. The molecule has 0 aliphatic heterocycles. The van der Waals surface area contributed by atoms with Crippen LogP contribution in [0.3, 0.4) is 0 Å². The van der Waals surface area contributed by atoms with Gasteiger partial charge in [0, 0.05) is 6.04 Å². The topological polar surface area (TPSA) is 12.0 Å². The lowest BCUT2D eigenvalue weighted by Crippen LogP contribution is -2.30. The Morgan fingerprint density at radius 1 is 1.21 bits per heavy atom. The van der Waals surface area contributed by atoms with Crippen molar-refractivity contribution >= 4 is 15.9 Å². The molecule has 1 unspecified atom stereocenters. The fraction of sp³-hybridized carbons (Fsp3) is 0.625. The Balaban J connectivity index is 2.49. The van der Waals surface area contributed by atoms with Crippen molar-refractivity contribution < 1.29 is 4.39 Å². The van der Waals surface area contributed by atoms with Crippen molar-refractivity contribution in [2.45, 2.75) is 58.4 Å². The lowest BCUT2D eigenvalue weighted by Gasteiger charge is -2.18. The van der Waals surface area contributed by atoms with Crippen LogP contribution in [0.5, 0.6) is 0 Å². The zero-order valence-electron chi connectivity index (χ0n) is 12.0. The molecule has 0 spiro atoms. The van der Waals surface area contributed by atoms with Crippen LogP contribution in [-0.2, 0) is 6.42 Å². The van der Waals surface area contributed by atoms with E-state index >= 15 is 0 Å². The molecular weight excluding hydrogens is 305 g/mol. The highest BCUT2D eigenvalue weighted by Gasteiger charge is 2.09. The molecule has 0 amide bonds. The van der Waals surface area contributed by atoms with Gasteiger partial charge in [0.25, 0.3) is 0 Å². The van der Waals surface area contributed by atoms with Gasteiger partial charge in [-0.1, -0.05) is 45.6 Å². The Kier molecular flexibility index (Phi) is 8.31. The van der Waals surface area contributed by atoms with Crippen LogP contribution in [0.25, 0.3) is 0 Å². The smallest absolute Gasteiger partial charge is 0.137 e. The summed E-state index contributed by atoms with van der Waals surface area (Å²) >= 11 is 3.25. The van der Waals surface area contributed by atoms with Gasteiger partial charge in [-0.05, 0) is 53.0 Å². The number of likely N-dealkylation sites (N-methyl/N-ethyl adjacent to an activating group) is 1. The molecule has 0 aromatic heterocycles. The lowest BCUT2D eigenvalue weighted by atomic mass is 10.00. The van der Waals surface area contributed by atoms with Crippen molar-refractivity contribution in [2.75, 3.05) is 6.54 Å². The maximum atomic E-state index is 13.2. The molecule has 1 aromatic carbocycles. The maximum absolute atomic E-state index is 13.2. The minimum atomic E-state index is -0.188. The standard InChI is InChI=1S/C16H25BrFN/c1-3-5-6-7-8-14(19-4-2)11-13-9-10-16(18)15(17)12-13/h9-10,12,14,19H,3-8,11H2,1-2H3. The molecule has 1 aromatic rings. The average Bonchev–Trinajstić information content (AvgIpc) is 2.39. The van der Waals surface area contributed by atoms with Crippen LogP contribution in [0.15, 0.2) is 22.7 Å².